The van der Waals surface area contributed by atoms with E-state index < -0.39 is 5.43 Å². The lowest BCUT2D eigenvalue weighted by Gasteiger charge is -2.13. The van der Waals surface area contributed by atoms with Crippen LogP contribution in [0.4, 0.5) is 4.79 Å². The van der Waals surface area contributed by atoms with E-state index in [-0.39, 0.29) is 0 Å². The SMILES string of the molecule is O=C(Cl)OC1=C(Cl)CCCC1. The normalized spacial score (nSPS) is 18.4. The summed E-state index contributed by atoms with van der Waals surface area (Å²) in [6.45, 7) is 0. The van der Waals surface area contributed by atoms with E-state index in [1.54, 1.807) is 0 Å². The van der Waals surface area contributed by atoms with Crippen molar-refractivity contribution >= 4 is 28.6 Å². The van der Waals surface area contributed by atoms with Gasteiger partial charge in [-0.2, -0.15) is 0 Å². The number of carbonyl (C=O) groups excluding carboxylic acids is 1. The van der Waals surface area contributed by atoms with Crippen LogP contribution in [0.5, 0.6) is 0 Å². The average Bonchev–Trinajstić information content (AvgIpc) is 1.93. The van der Waals surface area contributed by atoms with Gasteiger partial charge >= 0.3 is 5.43 Å². The van der Waals surface area contributed by atoms with Crippen LogP contribution in [-0.2, 0) is 4.74 Å². The molecule has 0 unspecified atom stereocenters. The summed E-state index contributed by atoms with van der Waals surface area (Å²) >= 11 is 10.8. The fourth-order valence-electron chi connectivity index (χ4n) is 1.04. The molecule has 0 aromatic carbocycles. The molecule has 1 rings (SSSR count). The zero-order valence-corrected chi connectivity index (χ0v) is 7.41. The summed E-state index contributed by atoms with van der Waals surface area (Å²) in [4.78, 5) is 10.3. The molecule has 0 bridgehead atoms. The van der Waals surface area contributed by atoms with E-state index in [2.05, 4.69) is 4.74 Å². The molecule has 0 spiro atoms. The number of hydrogen-bond acceptors (Lipinski definition) is 2. The van der Waals surface area contributed by atoms with E-state index in [1.165, 1.54) is 0 Å². The number of hydrogen-bond donors (Lipinski definition) is 0. The molecule has 0 fully saturated rings. The lowest BCUT2D eigenvalue weighted by atomic mass is 10.1. The second kappa shape index (κ2) is 3.98. The third-order valence-electron chi connectivity index (χ3n) is 1.56. The fourth-order valence-corrected chi connectivity index (χ4v) is 1.40. The molecule has 0 radical (unpaired) electrons. The van der Waals surface area contributed by atoms with Gasteiger partial charge in [0.2, 0.25) is 0 Å². The summed E-state index contributed by atoms with van der Waals surface area (Å²) in [5.74, 6) is 0.540. The standard InChI is InChI=1S/C7H8Cl2O2/c8-5-3-1-2-4-6(5)11-7(9)10/h1-4H2. The van der Waals surface area contributed by atoms with Crippen molar-refractivity contribution in [2.24, 2.45) is 0 Å². The van der Waals surface area contributed by atoms with Gasteiger partial charge in [0.15, 0.2) is 0 Å². The molecule has 4 heteroatoms. The molecule has 0 saturated heterocycles. The molecule has 0 aliphatic heterocycles. The van der Waals surface area contributed by atoms with E-state index in [4.69, 9.17) is 23.2 Å². The largest absolute Gasteiger partial charge is 0.418 e. The number of allylic oxidation sites excluding steroid dienone is 2. The van der Waals surface area contributed by atoms with Gasteiger partial charge in [-0.25, -0.2) is 4.79 Å². The Morgan fingerprint density at radius 1 is 1.36 bits per heavy atom. The Morgan fingerprint density at radius 3 is 2.55 bits per heavy atom. The first-order chi connectivity index (χ1) is 5.20. The zero-order valence-electron chi connectivity index (χ0n) is 5.90. The minimum absolute atomic E-state index is 0.540. The Kier molecular flexibility index (Phi) is 3.21. The van der Waals surface area contributed by atoms with Crippen LogP contribution in [0.25, 0.3) is 0 Å². The van der Waals surface area contributed by atoms with Crippen LogP contribution in [0.2, 0.25) is 0 Å². The summed E-state index contributed by atoms with van der Waals surface area (Å²) in [5.41, 5.74) is -0.806. The van der Waals surface area contributed by atoms with Crippen molar-refractivity contribution < 1.29 is 9.53 Å². The predicted molar refractivity (Wildman–Crippen MR) is 43.7 cm³/mol. The maximum absolute atomic E-state index is 10.3. The third-order valence-corrected chi connectivity index (χ3v) is 2.03. The number of carbonyl (C=O) groups is 1. The molecule has 2 nitrogen and oxygen atoms in total. The summed E-state index contributed by atoms with van der Waals surface area (Å²) in [5, 5.41) is 0.630. The smallest absolute Gasteiger partial charge is 0.408 e. The zero-order chi connectivity index (χ0) is 8.27. The highest BCUT2D eigenvalue weighted by Gasteiger charge is 2.14. The lowest BCUT2D eigenvalue weighted by molar-refractivity contribution is 0.197. The van der Waals surface area contributed by atoms with Crippen LogP contribution in [0.15, 0.2) is 10.8 Å². The monoisotopic (exact) mass is 194 g/mol. The highest BCUT2D eigenvalue weighted by Crippen LogP contribution is 2.28. The molecule has 62 valence electrons. The molecular weight excluding hydrogens is 187 g/mol. The quantitative estimate of drug-likeness (QED) is 0.599. The van der Waals surface area contributed by atoms with Gasteiger partial charge in [0.25, 0.3) is 0 Å². The molecule has 11 heavy (non-hydrogen) atoms. The van der Waals surface area contributed by atoms with Gasteiger partial charge in [-0.3, -0.25) is 0 Å². The number of ether oxygens (including phenoxy) is 1. The Hall–Kier alpha value is -0.210. The highest BCUT2D eigenvalue weighted by atomic mass is 35.5. The maximum Gasteiger partial charge on any atom is 0.408 e. The van der Waals surface area contributed by atoms with Crippen molar-refractivity contribution in [3.8, 4) is 0 Å². The molecule has 0 aromatic heterocycles. The lowest BCUT2D eigenvalue weighted by Crippen LogP contribution is -2.01. The minimum Gasteiger partial charge on any atom is -0.418 e. The second-order valence-corrected chi connectivity index (χ2v) is 3.14. The van der Waals surface area contributed by atoms with Gasteiger partial charge in [0, 0.05) is 18.0 Å². The first-order valence-corrected chi connectivity index (χ1v) is 4.20. The van der Waals surface area contributed by atoms with Crippen LogP contribution < -0.4 is 0 Å². The molecule has 1 aliphatic rings. The van der Waals surface area contributed by atoms with Gasteiger partial charge in [0.1, 0.15) is 5.76 Å². The minimum atomic E-state index is -0.806. The fraction of sp³-hybridized carbons (Fsp3) is 0.571. The molecule has 0 atom stereocenters. The Balaban J connectivity index is 2.59. The third kappa shape index (κ3) is 2.72. The van der Waals surface area contributed by atoms with Crippen LogP contribution in [0, 0.1) is 0 Å². The van der Waals surface area contributed by atoms with Crippen molar-refractivity contribution in [3.05, 3.63) is 10.8 Å². The van der Waals surface area contributed by atoms with Crippen molar-refractivity contribution in [1.29, 1.82) is 0 Å². The van der Waals surface area contributed by atoms with Crippen molar-refractivity contribution in [3.63, 3.8) is 0 Å². The molecular formula is C7H8Cl2O2. The van der Waals surface area contributed by atoms with Gasteiger partial charge in [0.05, 0.1) is 5.03 Å². The van der Waals surface area contributed by atoms with E-state index in [9.17, 15) is 4.79 Å². The van der Waals surface area contributed by atoms with Gasteiger partial charge in [-0.15, -0.1) is 0 Å². The van der Waals surface area contributed by atoms with Gasteiger partial charge in [-0.1, -0.05) is 11.6 Å². The van der Waals surface area contributed by atoms with Gasteiger partial charge in [-0.05, 0) is 19.3 Å². The van der Waals surface area contributed by atoms with E-state index in [0.717, 1.165) is 25.7 Å². The van der Waals surface area contributed by atoms with Gasteiger partial charge < -0.3 is 4.74 Å². The van der Waals surface area contributed by atoms with Crippen molar-refractivity contribution in [2.45, 2.75) is 25.7 Å². The predicted octanol–water partition coefficient (Wildman–Crippen LogP) is 3.39. The first-order valence-electron chi connectivity index (χ1n) is 3.45. The number of halogens is 2. The van der Waals surface area contributed by atoms with Crippen LogP contribution in [0.3, 0.4) is 0 Å². The summed E-state index contributed by atoms with van der Waals surface area (Å²) in [6, 6.07) is 0. The average molecular weight is 195 g/mol. The molecule has 0 saturated carbocycles. The Labute approximate surface area is 75.1 Å². The molecule has 0 aromatic rings. The first kappa shape index (κ1) is 8.88. The summed E-state index contributed by atoms with van der Waals surface area (Å²) < 4.78 is 4.68. The van der Waals surface area contributed by atoms with E-state index in [1.807, 2.05) is 0 Å². The Bertz CT molecular complexity index is 199. The molecule has 0 N–H and O–H groups in total. The topological polar surface area (TPSA) is 26.3 Å². The molecule has 0 amide bonds. The van der Waals surface area contributed by atoms with Crippen molar-refractivity contribution in [1.82, 2.24) is 0 Å². The summed E-state index contributed by atoms with van der Waals surface area (Å²) in [7, 11) is 0. The molecule has 1 aliphatic carbocycles. The van der Waals surface area contributed by atoms with Crippen LogP contribution >= 0.6 is 23.2 Å². The molecule has 0 heterocycles. The van der Waals surface area contributed by atoms with Crippen LogP contribution in [-0.4, -0.2) is 5.43 Å². The van der Waals surface area contributed by atoms with Crippen LogP contribution in [0.1, 0.15) is 25.7 Å². The maximum atomic E-state index is 10.3. The van der Waals surface area contributed by atoms with E-state index >= 15 is 0 Å². The number of rotatable bonds is 1. The van der Waals surface area contributed by atoms with Crippen molar-refractivity contribution in [2.75, 3.05) is 0 Å². The van der Waals surface area contributed by atoms with E-state index in [0.29, 0.717) is 10.8 Å². The Morgan fingerprint density at radius 2 is 2.00 bits per heavy atom. The summed E-state index contributed by atoms with van der Waals surface area (Å²) in [6.07, 6.45) is 3.58. The highest BCUT2D eigenvalue weighted by molar-refractivity contribution is 6.61. The second-order valence-electron chi connectivity index (χ2n) is 2.37.